The van der Waals surface area contributed by atoms with Gasteiger partial charge >= 0.3 is 0 Å². The summed E-state index contributed by atoms with van der Waals surface area (Å²) >= 11 is 1.27. The summed E-state index contributed by atoms with van der Waals surface area (Å²) in [6.45, 7) is 1.94. The van der Waals surface area contributed by atoms with E-state index in [9.17, 15) is 13.2 Å². The Bertz CT molecular complexity index is 738. The summed E-state index contributed by atoms with van der Waals surface area (Å²) in [5.74, 6) is -0.509. The van der Waals surface area contributed by atoms with Crippen LogP contribution in [0.1, 0.15) is 22.3 Å². The summed E-state index contributed by atoms with van der Waals surface area (Å²) in [5.41, 5.74) is 0.100. The first-order valence-electron chi connectivity index (χ1n) is 5.84. The number of sulfone groups is 1. The normalized spacial score (nSPS) is 11.3. The van der Waals surface area contributed by atoms with Crippen LogP contribution >= 0.6 is 11.3 Å². The SMILES string of the molecule is CCc1nnc(NC(=O)c2ccccc2S(C)(=O)=O)s1. The van der Waals surface area contributed by atoms with Crippen LogP contribution in [0.15, 0.2) is 29.2 Å². The number of carbonyl (C=O) groups excluding carboxylic acids is 1. The second-order valence-electron chi connectivity index (χ2n) is 4.08. The summed E-state index contributed by atoms with van der Waals surface area (Å²) in [7, 11) is -3.46. The summed E-state index contributed by atoms with van der Waals surface area (Å²) in [5, 5.41) is 11.4. The van der Waals surface area contributed by atoms with E-state index in [1.54, 1.807) is 12.1 Å². The molecule has 0 saturated carbocycles. The van der Waals surface area contributed by atoms with Crippen LogP contribution < -0.4 is 5.32 Å². The lowest BCUT2D eigenvalue weighted by molar-refractivity contribution is 0.102. The number of aromatic nitrogens is 2. The molecule has 0 aliphatic heterocycles. The molecule has 0 atom stereocenters. The highest BCUT2D eigenvalue weighted by atomic mass is 32.2. The number of benzene rings is 1. The van der Waals surface area contributed by atoms with E-state index in [4.69, 9.17) is 0 Å². The molecular formula is C12H13N3O3S2. The van der Waals surface area contributed by atoms with Crippen molar-refractivity contribution in [1.82, 2.24) is 10.2 Å². The number of carbonyl (C=O) groups is 1. The Morgan fingerprint density at radius 3 is 2.60 bits per heavy atom. The van der Waals surface area contributed by atoms with Gasteiger partial charge < -0.3 is 0 Å². The number of hydrogen-bond acceptors (Lipinski definition) is 6. The number of hydrogen-bond donors (Lipinski definition) is 1. The molecule has 0 unspecified atom stereocenters. The van der Waals surface area contributed by atoms with Crippen LogP contribution in [0.25, 0.3) is 0 Å². The molecule has 6 nitrogen and oxygen atoms in total. The van der Waals surface area contributed by atoms with Crippen molar-refractivity contribution < 1.29 is 13.2 Å². The molecule has 1 aromatic heterocycles. The molecule has 0 bridgehead atoms. The molecule has 1 aromatic carbocycles. The Morgan fingerprint density at radius 2 is 2.00 bits per heavy atom. The average Bonchev–Trinajstić information content (AvgIpc) is 2.85. The summed E-state index contributed by atoms with van der Waals surface area (Å²) < 4.78 is 23.3. The number of nitrogens with one attached hydrogen (secondary N) is 1. The molecule has 2 rings (SSSR count). The summed E-state index contributed by atoms with van der Waals surface area (Å²) in [4.78, 5) is 12.1. The van der Waals surface area contributed by atoms with Crippen molar-refractivity contribution in [3.05, 3.63) is 34.8 Å². The molecule has 0 spiro atoms. The van der Waals surface area contributed by atoms with E-state index in [-0.39, 0.29) is 10.5 Å². The third-order valence-corrected chi connectivity index (χ3v) is 4.66. The number of aryl methyl sites for hydroxylation is 1. The molecular weight excluding hydrogens is 298 g/mol. The Kier molecular flexibility index (Phi) is 4.15. The molecule has 20 heavy (non-hydrogen) atoms. The minimum absolute atomic E-state index is 0.00210. The van der Waals surface area contributed by atoms with Crippen LogP contribution in [-0.4, -0.2) is 30.8 Å². The highest BCUT2D eigenvalue weighted by Crippen LogP contribution is 2.19. The maximum atomic E-state index is 12.1. The first kappa shape index (κ1) is 14.6. The van der Waals surface area contributed by atoms with Crippen molar-refractivity contribution in [2.75, 3.05) is 11.6 Å². The fourth-order valence-corrected chi connectivity index (χ4v) is 3.15. The average molecular weight is 311 g/mol. The van der Waals surface area contributed by atoms with Crippen LogP contribution in [0.5, 0.6) is 0 Å². The zero-order chi connectivity index (χ0) is 14.8. The van der Waals surface area contributed by atoms with E-state index in [2.05, 4.69) is 15.5 Å². The van der Waals surface area contributed by atoms with Crippen LogP contribution in [0.3, 0.4) is 0 Å². The highest BCUT2D eigenvalue weighted by molar-refractivity contribution is 7.90. The van der Waals surface area contributed by atoms with Gasteiger partial charge in [0.1, 0.15) is 5.01 Å². The van der Waals surface area contributed by atoms with Crippen LogP contribution in [-0.2, 0) is 16.3 Å². The molecule has 1 N–H and O–H groups in total. The second kappa shape index (κ2) is 5.68. The summed E-state index contributed by atoms with van der Waals surface area (Å²) in [6, 6.07) is 6.06. The monoisotopic (exact) mass is 311 g/mol. The third-order valence-electron chi connectivity index (χ3n) is 2.52. The third kappa shape index (κ3) is 3.20. The highest BCUT2D eigenvalue weighted by Gasteiger charge is 2.19. The van der Waals surface area contributed by atoms with Gasteiger partial charge in [-0.05, 0) is 18.6 Å². The van der Waals surface area contributed by atoms with E-state index in [1.165, 1.54) is 23.5 Å². The zero-order valence-corrected chi connectivity index (χ0v) is 12.6. The number of amides is 1. The van der Waals surface area contributed by atoms with E-state index in [0.717, 1.165) is 17.7 Å². The molecule has 1 amide bonds. The fourth-order valence-electron chi connectivity index (χ4n) is 1.59. The van der Waals surface area contributed by atoms with Crippen LogP contribution in [0, 0.1) is 0 Å². The molecule has 2 aromatic rings. The number of nitrogens with zero attached hydrogens (tertiary/aromatic N) is 2. The van der Waals surface area contributed by atoms with Gasteiger partial charge in [0.15, 0.2) is 9.84 Å². The van der Waals surface area contributed by atoms with Crippen molar-refractivity contribution in [2.24, 2.45) is 0 Å². The van der Waals surface area contributed by atoms with Crippen LogP contribution in [0.2, 0.25) is 0 Å². The van der Waals surface area contributed by atoms with Crippen molar-refractivity contribution >= 4 is 32.2 Å². The van der Waals surface area contributed by atoms with E-state index < -0.39 is 15.7 Å². The molecule has 8 heteroatoms. The molecule has 0 radical (unpaired) electrons. The quantitative estimate of drug-likeness (QED) is 0.929. The molecule has 0 fully saturated rings. The molecule has 0 aliphatic carbocycles. The van der Waals surface area contributed by atoms with Crippen molar-refractivity contribution in [2.45, 2.75) is 18.2 Å². The number of anilines is 1. The lowest BCUT2D eigenvalue weighted by Gasteiger charge is -2.06. The zero-order valence-electron chi connectivity index (χ0n) is 11.0. The van der Waals surface area contributed by atoms with Gasteiger partial charge in [-0.25, -0.2) is 8.42 Å². The predicted octanol–water partition coefficient (Wildman–Crippen LogP) is 1.76. The van der Waals surface area contributed by atoms with E-state index in [1.807, 2.05) is 6.92 Å². The molecule has 1 heterocycles. The van der Waals surface area contributed by atoms with Crippen LogP contribution in [0.4, 0.5) is 5.13 Å². The predicted molar refractivity (Wildman–Crippen MR) is 76.8 cm³/mol. The smallest absolute Gasteiger partial charge is 0.258 e. The van der Waals surface area contributed by atoms with Crippen molar-refractivity contribution in [3.8, 4) is 0 Å². The first-order valence-corrected chi connectivity index (χ1v) is 8.55. The Labute approximate surface area is 120 Å². The molecule has 106 valence electrons. The van der Waals surface area contributed by atoms with E-state index >= 15 is 0 Å². The lowest BCUT2D eigenvalue weighted by Crippen LogP contribution is -2.15. The maximum Gasteiger partial charge on any atom is 0.258 e. The van der Waals surface area contributed by atoms with Gasteiger partial charge in [0.05, 0.1) is 10.5 Å². The van der Waals surface area contributed by atoms with E-state index in [0.29, 0.717) is 5.13 Å². The van der Waals surface area contributed by atoms with Gasteiger partial charge in [-0.3, -0.25) is 10.1 Å². The summed E-state index contributed by atoms with van der Waals surface area (Å²) in [6.07, 6.45) is 1.80. The topological polar surface area (TPSA) is 89.0 Å². The standard InChI is InChI=1S/C12H13N3O3S2/c1-3-10-14-15-12(19-10)13-11(16)8-6-4-5-7-9(8)20(2,17)18/h4-7H,3H2,1-2H3,(H,13,15,16). The van der Waals surface area contributed by atoms with Gasteiger partial charge in [-0.2, -0.15) is 0 Å². The first-order chi connectivity index (χ1) is 9.41. The Morgan fingerprint density at radius 1 is 1.30 bits per heavy atom. The minimum atomic E-state index is -3.46. The fraction of sp³-hybridized carbons (Fsp3) is 0.250. The van der Waals surface area contributed by atoms with Gasteiger partial charge in [-0.1, -0.05) is 30.4 Å². The largest absolute Gasteiger partial charge is 0.296 e. The van der Waals surface area contributed by atoms with Gasteiger partial charge in [0.25, 0.3) is 5.91 Å². The van der Waals surface area contributed by atoms with Gasteiger partial charge in [0.2, 0.25) is 5.13 Å². The molecule has 0 saturated heterocycles. The van der Waals surface area contributed by atoms with Crippen molar-refractivity contribution in [3.63, 3.8) is 0 Å². The van der Waals surface area contributed by atoms with Gasteiger partial charge in [-0.15, -0.1) is 10.2 Å². The number of rotatable bonds is 4. The minimum Gasteiger partial charge on any atom is -0.296 e. The lowest BCUT2D eigenvalue weighted by atomic mass is 10.2. The second-order valence-corrected chi connectivity index (χ2v) is 7.12. The van der Waals surface area contributed by atoms with Crippen molar-refractivity contribution in [1.29, 1.82) is 0 Å². The maximum absolute atomic E-state index is 12.1. The van der Waals surface area contributed by atoms with Gasteiger partial charge in [0, 0.05) is 6.26 Å². The Hall–Kier alpha value is -1.80. The Balaban J connectivity index is 2.30. The molecule has 0 aliphatic rings.